The van der Waals surface area contributed by atoms with E-state index in [1.807, 2.05) is 11.9 Å². The highest BCUT2D eigenvalue weighted by atomic mass is 16.5. The van der Waals surface area contributed by atoms with Gasteiger partial charge in [0.1, 0.15) is 0 Å². The van der Waals surface area contributed by atoms with Crippen molar-refractivity contribution in [1.82, 2.24) is 4.90 Å². The summed E-state index contributed by atoms with van der Waals surface area (Å²) in [5.74, 6) is 0.754. The van der Waals surface area contributed by atoms with Crippen molar-refractivity contribution < 1.29 is 9.53 Å². The van der Waals surface area contributed by atoms with E-state index in [0.29, 0.717) is 12.5 Å². The van der Waals surface area contributed by atoms with Crippen LogP contribution in [0.25, 0.3) is 0 Å². The zero-order chi connectivity index (χ0) is 12.3. The molecule has 0 aromatic heterocycles. The maximum Gasteiger partial charge on any atom is 0.229 e. The van der Waals surface area contributed by atoms with Gasteiger partial charge in [-0.1, -0.05) is 6.42 Å². The molecule has 1 atom stereocenters. The molecule has 0 aromatic rings. The fourth-order valence-corrected chi connectivity index (χ4v) is 2.94. The van der Waals surface area contributed by atoms with Crippen LogP contribution in [0.4, 0.5) is 0 Å². The van der Waals surface area contributed by atoms with E-state index in [2.05, 4.69) is 0 Å². The fraction of sp³-hybridized carbons (Fsp3) is 0.923. The van der Waals surface area contributed by atoms with E-state index in [1.54, 1.807) is 0 Å². The Morgan fingerprint density at radius 1 is 1.47 bits per heavy atom. The summed E-state index contributed by atoms with van der Waals surface area (Å²) in [7, 11) is 1.91. The van der Waals surface area contributed by atoms with Crippen LogP contribution in [0, 0.1) is 11.3 Å². The molecule has 2 fully saturated rings. The van der Waals surface area contributed by atoms with E-state index >= 15 is 0 Å². The first-order valence-electron chi connectivity index (χ1n) is 6.71. The van der Waals surface area contributed by atoms with Gasteiger partial charge in [0.15, 0.2) is 0 Å². The smallest absolute Gasteiger partial charge is 0.229 e. The third kappa shape index (κ3) is 2.63. The monoisotopic (exact) mass is 240 g/mol. The Balaban J connectivity index is 1.86. The van der Waals surface area contributed by atoms with Gasteiger partial charge in [0.2, 0.25) is 5.91 Å². The topological polar surface area (TPSA) is 55.6 Å². The van der Waals surface area contributed by atoms with Crippen LogP contribution in [0.1, 0.15) is 32.1 Å². The predicted octanol–water partition coefficient (Wildman–Crippen LogP) is 1.00. The van der Waals surface area contributed by atoms with Crippen LogP contribution in [-0.2, 0) is 9.53 Å². The molecule has 0 aromatic carbocycles. The Morgan fingerprint density at radius 3 is 2.71 bits per heavy atom. The maximum atomic E-state index is 12.4. The number of carbonyl (C=O) groups excluding carboxylic acids is 1. The summed E-state index contributed by atoms with van der Waals surface area (Å²) in [5, 5.41) is 0. The lowest BCUT2D eigenvalue weighted by atomic mass is 9.68. The van der Waals surface area contributed by atoms with Crippen molar-refractivity contribution in [2.45, 2.75) is 32.1 Å². The first-order chi connectivity index (χ1) is 8.18. The maximum absolute atomic E-state index is 12.4. The highest BCUT2D eigenvalue weighted by Crippen LogP contribution is 2.41. The van der Waals surface area contributed by atoms with Gasteiger partial charge in [-0.2, -0.15) is 0 Å². The summed E-state index contributed by atoms with van der Waals surface area (Å²) in [6, 6.07) is 0. The first kappa shape index (κ1) is 12.8. The number of amides is 1. The van der Waals surface area contributed by atoms with Crippen LogP contribution < -0.4 is 5.73 Å². The van der Waals surface area contributed by atoms with E-state index in [-0.39, 0.29) is 11.3 Å². The minimum Gasteiger partial charge on any atom is -0.381 e. The zero-order valence-corrected chi connectivity index (χ0v) is 10.8. The number of carbonyl (C=O) groups is 1. The lowest BCUT2D eigenvalue weighted by Gasteiger charge is -2.42. The van der Waals surface area contributed by atoms with Crippen molar-refractivity contribution in [1.29, 1.82) is 0 Å². The standard InChI is InChI=1S/C13H24N2O2/c1-15(8-11-4-2-7-17-9-11)12(16)13(10-14)5-3-6-13/h11H,2-10,14H2,1H3. The summed E-state index contributed by atoms with van der Waals surface area (Å²) < 4.78 is 5.45. The van der Waals surface area contributed by atoms with Crippen molar-refractivity contribution >= 4 is 5.91 Å². The van der Waals surface area contributed by atoms with Crippen LogP contribution in [0.5, 0.6) is 0 Å². The summed E-state index contributed by atoms with van der Waals surface area (Å²) in [5.41, 5.74) is 5.54. The quantitative estimate of drug-likeness (QED) is 0.797. The molecule has 1 saturated heterocycles. The van der Waals surface area contributed by atoms with E-state index in [1.165, 1.54) is 6.42 Å². The van der Waals surface area contributed by atoms with Crippen LogP contribution in [0.2, 0.25) is 0 Å². The summed E-state index contributed by atoms with van der Waals surface area (Å²) in [6.45, 7) is 2.99. The number of ether oxygens (including phenoxy) is 1. The van der Waals surface area contributed by atoms with Gasteiger partial charge < -0.3 is 15.4 Å². The highest BCUT2D eigenvalue weighted by Gasteiger charge is 2.44. The molecule has 1 saturated carbocycles. The van der Waals surface area contributed by atoms with E-state index in [9.17, 15) is 4.79 Å². The molecule has 0 bridgehead atoms. The van der Waals surface area contributed by atoms with Crippen LogP contribution in [0.3, 0.4) is 0 Å². The normalized spacial score (nSPS) is 27.3. The predicted molar refractivity (Wildman–Crippen MR) is 66.5 cm³/mol. The Kier molecular flexibility index (Phi) is 4.05. The van der Waals surface area contributed by atoms with Gasteiger partial charge in [0.05, 0.1) is 12.0 Å². The fourth-order valence-electron chi connectivity index (χ4n) is 2.94. The Hall–Kier alpha value is -0.610. The van der Waals surface area contributed by atoms with Crippen LogP contribution >= 0.6 is 0 Å². The highest BCUT2D eigenvalue weighted by molar-refractivity contribution is 5.83. The molecule has 1 amide bonds. The lowest BCUT2D eigenvalue weighted by Crippen LogP contribution is -2.52. The van der Waals surface area contributed by atoms with Crippen LogP contribution in [0.15, 0.2) is 0 Å². The summed E-state index contributed by atoms with van der Waals surface area (Å²) >= 11 is 0. The number of hydrogen-bond donors (Lipinski definition) is 1. The average molecular weight is 240 g/mol. The molecule has 2 aliphatic rings. The van der Waals surface area contributed by atoms with Crippen molar-refractivity contribution in [2.24, 2.45) is 17.1 Å². The third-order valence-corrected chi connectivity index (χ3v) is 4.29. The zero-order valence-electron chi connectivity index (χ0n) is 10.8. The van der Waals surface area contributed by atoms with Gasteiger partial charge in [-0.15, -0.1) is 0 Å². The molecule has 17 heavy (non-hydrogen) atoms. The van der Waals surface area contributed by atoms with Gasteiger partial charge in [-0.25, -0.2) is 0 Å². The molecule has 4 heteroatoms. The lowest BCUT2D eigenvalue weighted by molar-refractivity contribution is -0.146. The van der Waals surface area contributed by atoms with Gasteiger partial charge in [0, 0.05) is 26.7 Å². The molecule has 0 spiro atoms. The minimum atomic E-state index is -0.232. The van der Waals surface area contributed by atoms with Crippen molar-refractivity contribution in [3.05, 3.63) is 0 Å². The second kappa shape index (κ2) is 5.36. The van der Waals surface area contributed by atoms with E-state index < -0.39 is 0 Å². The van der Waals surface area contributed by atoms with Crippen molar-refractivity contribution in [2.75, 3.05) is 33.4 Å². The molecule has 2 rings (SSSR count). The van der Waals surface area contributed by atoms with Gasteiger partial charge >= 0.3 is 0 Å². The Bertz CT molecular complexity index is 265. The van der Waals surface area contributed by atoms with E-state index in [0.717, 1.165) is 45.4 Å². The van der Waals surface area contributed by atoms with Crippen LogP contribution in [-0.4, -0.2) is 44.2 Å². The SMILES string of the molecule is CN(CC1CCCOC1)C(=O)C1(CN)CCC1. The van der Waals surface area contributed by atoms with Gasteiger partial charge in [-0.3, -0.25) is 4.79 Å². The number of nitrogens with zero attached hydrogens (tertiary/aromatic N) is 1. The molecular formula is C13H24N2O2. The molecule has 98 valence electrons. The number of rotatable bonds is 4. The Labute approximate surface area is 103 Å². The minimum absolute atomic E-state index is 0.232. The number of nitrogens with two attached hydrogens (primary N) is 1. The van der Waals surface area contributed by atoms with Crippen molar-refractivity contribution in [3.63, 3.8) is 0 Å². The summed E-state index contributed by atoms with van der Waals surface area (Å²) in [6.07, 6.45) is 5.37. The molecule has 2 N–H and O–H groups in total. The second-order valence-electron chi connectivity index (χ2n) is 5.61. The van der Waals surface area contributed by atoms with Gasteiger partial charge in [0.25, 0.3) is 0 Å². The third-order valence-electron chi connectivity index (χ3n) is 4.29. The Morgan fingerprint density at radius 2 is 2.24 bits per heavy atom. The molecular weight excluding hydrogens is 216 g/mol. The second-order valence-corrected chi connectivity index (χ2v) is 5.61. The summed E-state index contributed by atoms with van der Waals surface area (Å²) in [4.78, 5) is 14.2. The van der Waals surface area contributed by atoms with E-state index in [4.69, 9.17) is 10.5 Å². The number of hydrogen-bond acceptors (Lipinski definition) is 3. The largest absolute Gasteiger partial charge is 0.381 e. The molecule has 1 aliphatic carbocycles. The average Bonchev–Trinajstić information content (AvgIpc) is 2.29. The molecule has 1 unspecified atom stereocenters. The molecule has 1 heterocycles. The van der Waals surface area contributed by atoms with Gasteiger partial charge in [-0.05, 0) is 31.6 Å². The van der Waals surface area contributed by atoms with Crippen molar-refractivity contribution in [3.8, 4) is 0 Å². The molecule has 0 radical (unpaired) electrons. The molecule has 4 nitrogen and oxygen atoms in total. The first-order valence-corrected chi connectivity index (χ1v) is 6.71. The molecule has 1 aliphatic heterocycles.